The molecule has 2 nitrogen and oxygen atoms in total. The highest BCUT2D eigenvalue weighted by molar-refractivity contribution is 6.02. The Morgan fingerprint density at radius 1 is 1.25 bits per heavy atom. The molecule has 3 rings (SSSR count). The number of piperidine rings is 1. The topological polar surface area (TPSA) is 29.1 Å². The number of nitrogens with one attached hydrogen (secondary N) is 1. The Bertz CT molecular complexity index is 407. The lowest BCUT2D eigenvalue weighted by atomic mass is 9.84. The van der Waals surface area contributed by atoms with Crippen LogP contribution in [0.4, 0.5) is 0 Å². The summed E-state index contributed by atoms with van der Waals surface area (Å²) in [6, 6.07) is 8.09. The molecule has 1 aromatic carbocycles. The molecule has 0 spiro atoms. The SMILES string of the molecule is O=C1c2ccccc2CC1C1CCCNC1. The second-order valence-corrected chi connectivity index (χ2v) is 4.94. The van der Waals surface area contributed by atoms with E-state index in [1.54, 1.807) is 0 Å². The van der Waals surface area contributed by atoms with Gasteiger partial charge in [-0.25, -0.2) is 0 Å². The smallest absolute Gasteiger partial charge is 0.166 e. The van der Waals surface area contributed by atoms with E-state index >= 15 is 0 Å². The van der Waals surface area contributed by atoms with Crippen LogP contribution >= 0.6 is 0 Å². The number of rotatable bonds is 1. The molecule has 1 aliphatic heterocycles. The third-order valence-corrected chi connectivity index (χ3v) is 3.96. The number of benzene rings is 1. The van der Waals surface area contributed by atoms with Crippen LogP contribution in [0.15, 0.2) is 24.3 Å². The van der Waals surface area contributed by atoms with E-state index in [0.717, 1.165) is 25.1 Å². The zero-order chi connectivity index (χ0) is 11.0. The highest BCUT2D eigenvalue weighted by Gasteiger charge is 2.36. The summed E-state index contributed by atoms with van der Waals surface area (Å²) < 4.78 is 0. The minimum atomic E-state index is 0.241. The largest absolute Gasteiger partial charge is 0.316 e. The van der Waals surface area contributed by atoms with Gasteiger partial charge in [0.1, 0.15) is 0 Å². The molecule has 2 heteroatoms. The zero-order valence-electron chi connectivity index (χ0n) is 9.41. The van der Waals surface area contributed by atoms with Gasteiger partial charge in [0.2, 0.25) is 0 Å². The minimum Gasteiger partial charge on any atom is -0.316 e. The predicted octanol–water partition coefficient (Wildman–Crippen LogP) is 2.04. The fourth-order valence-corrected chi connectivity index (χ4v) is 3.07. The number of Topliss-reactive ketones (excluding diaryl/α,β-unsaturated/α-hetero) is 1. The van der Waals surface area contributed by atoms with Crippen LogP contribution < -0.4 is 5.32 Å². The predicted molar refractivity (Wildman–Crippen MR) is 63.6 cm³/mol. The van der Waals surface area contributed by atoms with Crippen molar-refractivity contribution in [3.8, 4) is 0 Å². The lowest BCUT2D eigenvalue weighted by Gasteiger charge is -2.26. The molecule has 0 radical (unpaired) electrons. The molecule has 1 fully saturated rings. The summed E-state index contributed by atoms with van der Waals surface area (Å²) in [4.78, 5) is 12.3. The highest BCUT2D eigenvalue weighted by Crippen LogP contribution is 2.34. The average molecular weight is 215 g/mol. The van der Waals surface area contributed by atoms with Gasteiger partial charge in [-0.05, 0) is 43.8 Å². The van der Waals surface area contributed by atoms with E-state index in [1.807, 2.05) is 18.2 Å². The maximum atomic E-state index is 12.3. The van der Waals surface area contributed by atoms with Gasteiger partial charge >= 0.3 is 0 Å². The monoisotopic (exact) mass is 215 g/mol. The van der Waals surface area contributed by atoms with Gasteiger partial charge < -0.3 is 5.32 Å². The van der Waals surface area contributed by atoms with Crippen LogP contribution in [-0.4, -0.2) is 18.9 Å². The molecule has 1 aromatic rings. The Hall–Kier alpha value is -1.15. The summed E-state index contributed by atoms with van der Waals surface area (Å²) in [6.07, 6.45) is 3.38. The third kappa shape index (κ3) is 1.57. The van der Waals surface area contributed by atoms with Crippen LogP contribution in [-0.2, 0) is 6.42 Å². The van der Waals surface area contributed by atoms with Gasteiger partial charge in [0, 0.05) is 11.5 Å². The normalized spacial score (nSPS) is 29.1. The van der Waals surface area contributed by atoms with E-state index in [-0.39, 0.29) is 5.92 Å². The van der Waals surface area contributed by atoms with Gasteiger partial charge in [0.25, 0.3) is 0 Å². The molecule has 1 N–H and O–H groups in total. The molecule has 1 saturated heterocycles. The fourth-order valence-electron chi connectivity index (χ4n) is 3.07. The molecular formula is C14H17NO. The standard InChI is InChI=1S/C14H17NO/c16-14-12-6-2-1-4-10(12)8-13(14)11-5-3-7-15-9-11/h1-2,4,6,11,13,15H,3,5,7-9H2. The fraction of sp³-hybridized carbons (Fsp3) is 0.500. The Morgan fingerprint density at radius 3 is 2.88 bits per heavy atom. The van der Waals surface area contributed by atoms with Crippen LogP contribution in [0, 0.1) is 11.8 Å². The molecule has 0 aromatic heterocycles. The van der Waals surface area contributed by atoms with Crippen LogP contribution in [0.25, 0.3) is 0 Å². The van der Waals surface area contributed by atoms with Crippen molar-refractivity contribution in [1.82, 2.24) is 5.32 Å². The third-order valence-electron chi connectivity index (χ3n) is 3.96. The van der Waals surface area contributed by atoms with Crippen molar-refractivity contribution in [2.45, 2.75) is 19.3 Å². The Kier molecular flexibility index (Phi) is 2.52. The average Bonchev–Trinajstić information content (AvgIpc) is 2.69. The summed E-state index contributed by atoms with van der Waals surface area (Å²) >= 11 is 0. The molecule has 0 amide bonds. The molecule has 0 bridgehead atoms. The number of carbonyl (C=O) groups excluding carboxylic acids is 1. The second-order valence-electron chi connectivity index (χ2n) is 4.94. The maximum Gasteiger partial charge on any atom is 0.166 e. The molecule has 84 valence electrons. The van der Waals surface area contributed by atoms with Gasteiger partial charge in [0.05, 0.1) is 0 Å². The summed E-state index contributed by atoms with van der Waals surface area (Å²) in [7, 11) is 0. The van der Waals surface area contributed by atoms with E-state index in [0.29, 0.717) is 11.7 Å². The molecule has 2 aliphatic rings. The molecule has 0 saturated carbocycles. The number of hydrogen-bond donors (Lipinski definition) is 1. The van der Waals surface area contributed by atoms with Gasteiger partial charge in [0.15, 0.2) is 5.78 Å². The molecule has 1 heterocycles. The van der Waals surface area contributed by atoms with E-state index in [4.69, 9.17) is 0 Å². The van der Waals surface area contributed by atoms with Gasteiger partial charge in [-0.2, -0.15) is 0 Å². The summed E-state index contributed by atoms with van der Waals surface area (Å²) in [5.41, 5.74) is 2.22. The first-order chi connectivity index (χ1) is 7.86. The van der Waals surface area contributed by atoms with Crippen LogP contribution in [0.2, 0.25) is 0 Å². The lowest BCUT2D eigenvalue weighted by molar-refractivity contribution is 0.0877. The number of ketones is 1. The van der Waals surface area contributed by atoms with E-state index in [9.17, 15) is 4.79 Å². The van der Waals surface area contributed by atoms with Crippen LogP contribution in [0.5, 0.6) is 0 Å². The second kappa shape index (κ2) is 4.02. The van der Waals surface area contributed by atoms with Gasteiger partial charge in [-0.15, -0.1) is 0 Å². The summed E-state index contributed by atoms with van der Waals surface area (Å²) in [6.45, 7) is 2.13. The Morgan fingerprint density at radius 2 is 2.12 bits per heavy atom. The van der Waals surface area contributed by atoms with E-state index in [1.165, 1.54) is 18.4 Å². The molecule has 16 heavy (non-hydrogen) atoms. The molecular weight excluding hydrogens is 198 g/mol. The van der Waals surface area contributed by atoms with Crippen molar-refractivity contribution in [2.24, 2.45) is 11.8 Å². The first-order valence-electron chi connectivity index (χ1n) is 6.19. The van der Waals surface area contributed by atoms with Crippen molar-refractivity contribution in [3.05, 3.63) is 35.4 Å². The van der Waals surface area contributed by atoms with Crippen molar-refractivity contribution in [2.75, 3.05) is 13.1 Å². The van der Waals surface area contributed by atoms with Crippen LogP contribution in [0.1, 0.15) is 28.8 Å². The van der Waals surface area contributed by atoms with E-state index in [2.05, 4.69) is 11.4 Å². The maximum absolute atomic E-state index is 12.3. The molecule has 2 unspecified atom stereocenters. The Labute approximate surface area is 96.1 Å². The van der Waals surface area contributed by atoms with E-state index < -0.39 is 0 Å². The van der Waals surface area contributed by atoms with Gasteiger partial charge in [-0.3, -0.25) is 4.79 Å². The molecule has 1 aliphatic carbocycles. The van der Waals surface area contributed by atoms with Crippen molar-refractivity contribution in [3.63, 3.8) is 0 Å². The summed E-state index contributed by atoms with van der Waals surface area (Å²) in [5.74, 6) is 1.17. The first-order valence-corrected chi connectivity index (χ1v) is 6.19. The van der Waals surface area contributed by atoms with Crippen LogP contribution in [0.3, 0.4) is 0 Å². The zero-order valence-corrected chi connectivity index (χ0v) is 9.41. The van der Waals surface area contributed by atoms with Gasteiger partial charge in [-0.1, -0.05) is 24.3 Å². The quantitative estimate of drug-likeness (QED) is 0.776. The number of hydrogen-bond acceptors (Lipinski definition) is 2. The van der Waals surface area contributed by atoms with Crippen molar-refractivity contribution in [1.29, 1.82) is 0 Å². The molecule has 2 atom stereocenters. The van der Waals surface area contributed by atoms with Crippen molar-refractivity contribution < 1.29 is 4.79 Å². The summed E-state index contributed by atoms with van der Waals surface area (Å²) in [5, 5.41) is 3.41. The highest BCUT2D eigenvalue weighted by atomic mass is 16.1. The number of carbonyl (C=O) groups is 1. The van der Waals surface area contributed by atoms with Crippen molar-refractivity contribution >= 4 is 5.78 Å². The number of fused-ring (bicyclic) bond motifs is 1. The lowest BCUT2D eigenvalue weighted by Crippen LogP contribution is -2.36. The first kappa shape index (κ1) is 10.0. The Balaban J connectivity index is 1.83. The minimum absolute atomic E-state index is 0.241.